The van der Waals surface area contributed by atoms with E-state index in [-0.39, 0.29) is 11.5 Å². The zero-order chi connectivity index (χ0) is 13.1. The second-order valence-corrected chi connectivity index (χ2v) is 5.69. The number of halogens is 3. The molecule has 0 saturated carbocycles. The van der Waals surface area contributed by atoms with Crippen molar-refractivity contribution in [3.05, 3.63) is 61.9 Å². The van der Waals surface area contributed by atoms with Gasteiger partial charge in [-0.3, -0.25) is 4.79 Å². The first-order valence-corrected chi connectivity index (χ1v) is 6.95. The predicted molar refractivity (Wildman–Crippen MR) is 81.2 cm³/mol. The Morgan fingerprint density at radius 1 is 1.22 bits per heavy atom. The number of hydrogen-bond donors (Lipinski definition) is 1. The van der Waals surface area contributed by atoms with Crippen LogP contribution in [-0.4, -0.2) is 5.91 Å². The van der Waals surface area contributed by atoms with Crippen LogP contribution in [0, 0.1) is 9.39 Å². The molecule has 92 valence electrons. The summed E-state index contributed by atoms with van der Waals surface area (Å²) in [5.74, 6) is -0.783. The molecule has 18 heavy (non-hydrogen) atoms. The van der Waals surface area contributed by atoms with Crippen LogP contribution < -0.4 is 5.32 Å². The summed E-state index contributed by atoms with van der Waals surface area (Å²) in [4.78, 5) is 12.0. The first kappa shape index (κ1) is 13.5. The van der Waals surface area contributed by atoms with Crippen LogP contribution in [0.1, 0.15) is 10.4 Å². The smallest absolute Gasteiger partial charge is 0.256 e. The highest BCUT2D eigenvalue weighted by atomic mass is 127. The Kier molecular flexibility index (Phi) is 4.34. The van der Waals surface area contributed by atoms with Gasteiger partial charge in [0.1, 0.15) is 5.82 Å². The Morgan fingerprint density at radius 3 is 2.72 bits per heavy atom. The van der Waals surface area contributed by atoms with E-state index in [1.165, 1.54) is 18.2 Å². The van der Waals surface area contributed by atoms with Crippen molar-refractivity contribution in [1.82, 2.24) is 0 Å². The van der Waals surface area contributed by atoms with Crippen LogP contribution in [0.4, 0.5) is 10.1 Å². The van der Waals surface area contributed by atoms with Crippen LogP contribution in [-0.2, 0) is 0 Å². The summed E-state index contributed by atoms with van der Waals surface area (Å²) in [5.41, 5.74) is 0.955. The maximum absolute atomic E-state index is 13.1. The third-order valence-corrected chi connectivity index (χ3v) is 3.62. The molecule has 0 aliphatic rings. The lowest BCUT2D eigenvalue weighted by Gasteiger charge is -2.07. The zero-order valence-electron chi connectivity index (χ0n) is 9.08. The van der Waals surface area contributed by atoms with Gasteiger partial charge in [0.2, 0.25) is 0 Å². The van der Waals surface area contributed by atoms with Crippen molar-refractivity contribution < 1.29 is 9.18 Å². The van der Waals surface area contributed by atoms with Crippen molar-refractivity contribution in [2.24, 2.45) is 0 Å². The SMILES string of the molecule is O=C(Nc1cccc(I)c1)c1cc(F)ccc1Br. The van der Waals surface area contributed by atoms with Crippen molar-refractivity contribution in [1.29, 1.82) is 0 Å². The lowest BCUT2D eigenvalue weighted by Crippen LogP contribution is -2.12. The van der Waals surface area contributed by atoms with Gasteiger partial charge in [0, 0.05) is 13.7 Å². The molecule has 0 aliphatic carbocycles. The maximum Gasteiger partial charge on any atom is 0.256 e. The quantitative estimate of drug-likeness (QED) is 0.716. The molecule has 0 radical (unpaired) electrons. The van der Waals surface area contributed by atoms with Gasteiger partial charge in [0.15, 0.2) is 0 Å². The van der Waals surface area contributed by atoms with Crippen LogP contribution in [0.3, 0.4) is 0 Å². The van der Waals surface area contributed by atoms with Gasteiger partial charge in [-0.2, -0.15) is 0 Å². The second kappa shape index (κ2) is 5.79. The minimum Gasteiger partial charge on any atom is -0.322 e. The topological polar surface area (TPSA) is 29.1 Å². The molecular weight excluding hydrogens is 412 g/mol. The number of amides is 1. The highest BCUT2D eigenvalue weighted by molar-refractivity contribution is 14.1. The third kappa shape index (κ3) is 3.29. The van der Waals surface area contributed by atoms with E-state index in [4.69, 9.17) is 0 Å². The van der Waals surface area contributed by atoms with Crippen LogP contribution in [0.5, 0.6) is 0 Å². The van der Waals surface area contributed by atoms with Crippen molar-refractivity contribution in [3.63, 3.8) is 0 Å². The van der Waals surface area contributed by atoms with E-state index in [9.17, 15) is 9.18 Å². The Labute approximate surface area is 126 Å². The highest BCUT2D eigenvalue weighted by Gasteiger charge is 2.11. The lowest BCUT2D eigenvalue weighted by molar-refractivity contribution is 0.102. The summed E-state index contributed by atoms with van der Waals surface area (Å²) >= 11 is 5.39. The summed E-state index contributed by atoms with van der Waals surface area (Å²) in [7, 11) is 0. The molecule has 0 saturated heterocycles. The molecule has 1 amide bonds. The molecule has 0 bridgehead atoms. The van der Waals surface area contributed by atoms with Crippen molar-refractivity contribution >= 4 is 50.1 Å². The van der Waals surface area contributed by atoms with Gasteiger partial charge >= 0.3 is 0 Å². The highest BCUT2D eigenvalue weighted by Crippen LogP contribution is 2.20. The molecule has 2 aromatic rings. The summed E-state index contributed by atoms with van der Waals surface area (Å²) in [6.07, 6.45) is 0. The first-order chi connectivity index (χ1) is 8.56. The van der Waals surface area contributed by atoms with E-state index in [1.54, 1.807) is 6.07 Å². The molecule has 0 aliphatic heterocycles. The largest absolute Gasteiger partial charge is 0.322 e. The van der Waals surface area contributed by atoms with E-state index in [2.05, 4.69) is 43.8 Å². The van der Waals surface area contributed by atoms with E-state index in [1.807, 2.05) is 18.2 Å². The number of carbonyl (C=O) groups excluding carboxylic acids is 1. The van der Waals surface area contributed by atoms with Gasteiger partial charge in [-0.25, -0.2) is 4.39 Å². The van der Waals surface area contributed by atoms with Gasteiger partial charge in [-0.05, 0) is 74.9 Å². The molecule has 0 spiro atoms. The van der Waals surface area contributed by atoms with Crippen molar-refractivity contribution in [2.45, 2.75) is 0 Å². The number of benzene rings is 2. The van der Waals surface area contributed by atoms with Crippen LogP contribution in [0.25, 0.3) is 0 Å². The monoisotopic (exact) mass is 419 g/mol. The number of rotatable bonds is 2. The molecule has 2 aromatic carbocycles. The number of nitrogens with one attached hydrogen (secondary N) is 1. The normalized spacial score (nSPS) is 10.2. The fraction of sp³-hybridized carbons (Fsp3) is 0. The summed E-state index contributed by atoms with van der Waals surface area (Å²) in [6.45, 7) is 0. The number of anilines is 1. The Morgan fingerprint density at radius 2 is 2.00 bits per heavy atom. The molecule has 2 rings (SSSR count). The average Bonchev–Trinajstić information content (AvgIpc) is 2.32. The Hall–Kier alpha value is -0.950. The zero-order valence-corrected chi connectivity index (χ0v) is 12.8. The summed E-state index contributed by atoms with van der Waals surface area (Å²) < 4.78 is 14.7. The minimum absolute atomic E-state index is 0.272. The van der Waals surface area contributed by atoms with E-state index >= 15 is 0 Å². The molecule has 0 fully saturated rings. The van der Waals surface area contributed by atoms with E-state index in [0.717, 1.165) is 3.57 Å². The van der Waals surface area contributed by atoms with Crippen molar-refractivity contribution in [2.75, 3.05) is 5.32 Å². The fourth-order valence-corrected chi connectivity index (χ4v) is 2.41. The maximum atomic E-state index is 13.1. The Balaban J connectivity index is 2.24. The molecular formula is C13H8BrFINO. The fourth-order valence-electron chi connectivity index (χ4n) is 1.44. The second-order valence-electron chi connectivity index (χ2n) is 3.59. The molecule has 0 atom stereocenters. The van der Waals surface area contributed by atoms with Gasteiger partial charge in [-0.15, -0.1) is 0 Å². The molecule has 0 unspecified atom stereocenters. The molecule has 0 heterocycles. The first-order valence-electron chi connectivity index (χ1n) is 5.08. The summed E-state index contributed by atoms with van der Waals surface area (Å²) in [6, 6.07) is 11.4. The standard InChI is InChI=1S/C13H8BrFINO/c14-12-5-4-8(15)6-11(12)13(18)17-10-3-1-2-9(16)7-10/h1-7H,(H,17,18). The van der Waals surface area contributed by atoms with Gasteiger partial charge in [0.05, 0.1) is 5.56 Å². The number of hydrogen-bond acceptors (Lipinski definition) is 1. The average molecular weight is 420 g/mol. The molecule has 1 N–H and O–H groups in total. The molecule has 5 heteroatoms. The number of carbonyl (C=O) groups is 1. The Bertz CT molecular complexity index is 603. The van der Waals surface area contributed by atoms with Crippen LogP contribution in [0.15, 0.2) is 46.9 Å². The van der Waals surface area contributed by atoms with E-state index in [0.29, 0.717) is 10.2 Å². The van der Waals surface area contributed by atoms with Crippen LogP contribution >= 0.6 is 38.5 Å². The summed E-state index contributed by atoms with van der Waals surface area (Å²) in [5, 5.41) is 2.73. The molecule has 0 aromatic heterocycles. The minimum atomic E-state index is -0.439. The van der Waals surface area contributed by atoms with Crippen LogP contribution in [0.2, 0.25) is 0 Å². The van der Waals surface area contributed by atoms with E-state index < -0.39 is 5.82 Å². The molecule has 2 nitrogen and oxygen atoms in total. The van der Waals surface area contributed by atoms with Gasteiger partial charge < -0.3 is 5.32 Å². The van der Waals surface area contributed by atoms with Gasteiger partial charge in [0.25, 0.3) is 5.91 Å². The lowest BCUT2D eigenvalue weighted by atomic mass is 10.2. The van der Waals surface area contributed by atoms with Crippen molar-refractivity contribution in [3.8, 4) is 0 Å². The van der Waals surface area contributed by atoms with Gasteiger partial charge in [-0.1, -0.05) is 6.07 Å². The third-order valence-electron chi connectivity index (χ3n) is 2.26. The predicted octanol–water partition coefficient (Wildman–Crippen LogP) is 4.45.